The quantitative estimate of drug-likeness (QED) is 0.777. The number of aromatic amines is 1. The van der Waals surface area contributed by atoms with Crippen LogP contribution in [0.25, 0.3) is 22.0 Å². The van der Waals surface area contributed by atoms with Crippen LogP contribution in [0.15, 0.2) is 36.8 Å². The second-order valence-electron chi connectivity index (χ2n) is 5.20. The third kappa shape index (κ3) is 2.00. The maximum absolute atomic E-state index is 5.76. The number of ether oxygens (including phenoxy) is 1. The van der Waals surface area contributed by atoms with E-state index in [-0.39, 0.29) is 6.23 Å². The van der Waals surface area contributed by atoms with E-state index in [9.17, 15) is 0 Å². The molecule has 4 rings (SSSR count). The molecule has 0 amide bonds. The average molecular weight is 268 g/mol. The van der Waals surface area contributed by atoms with E-state index < -0.39 is 0 Å². The highest BCUT2D eigenvalue weighted by Gasteiger charge is 2.16. The summed E-state index contributed by atoms with van der Waals surface area (Å²) in [6.07, 6.45) is 9.29. The highest BCUT2D eigenvalue weighted by atomic mass is 16.5. The number of nitrogens with one attached hydrogen (secondary N) is 1. The van der Waals surface area contributed by atoms with Crippen molar-refractivity contribution in [2.45, 2.75) is 25.5 Å². The lowest BCUT2D eigenvalue weighted by Gasteiger charge is -2.22. The number of nitrogens with zero attached hydrogens (tertiary/aromatic N) is 3. The van der Waals surface area contributed by atoms with E-state index in [1.165, 1.54) is 6.42 Å². The Balaban J connectivity index is 1.66. The predicted molar refractivity (Wildman–Crippen MR) is 76.2 cm³/mol. The van der Waals surface area contributed by atoms with E-state index in [0.717, 1.165) is 41.5 Å². The van der Waals surface area contributed by atoms with Gasteiger partial charge in [-0.2, -0.15) is 10.2 Å². The molecule has 1 unspecified atom stereocenters. The molecule has 5 heteroatoms. The summed E-state index contributed by atoms with van der Waals surface area (Å²) in [6.45, 7) is 0.833. The Hall–Kier alpha value is -2.14. The molecule has 0 spiro atoms. The van der Waals surface area contributed by atoms with Crippen LogP contribution in [-0.2, 0) is 4.74 Å². The monoisotopic (exact) mass is 268 g/mol. The third-order valence-electron chi connectivity index (χ3n) is 3.83. The van der Waals surface area contributed by atoms with Crippen molar-refractivity contribution >= 4 is 10.9 Å². The van der Waals surface area contributed by atoms with Crippen LogP contribution in [0.3, 0.4) is 0 Å². The largest absolute Gasteiger partial charge is 0.357 e. The molecule has 1 N–H and O–H groups in total. The highest BCUT2D eigenvalue weighted by Crippen LogP contribution is 2.26. The molecule has 1 aliphatic rings. The van der Waals surface area contributed by atoms with Crippen molar-refractivity contribution in [2.24, 2.45) is 0 Å². The van der Waals surface area contributed by atoms with Gasteiger partial charge in [0, 0.05) is 23.8 Å². The summed E-state index contributed by atoms with van der Waals surface area (Å²) in [6, 6.07) is 6.27. The Morgan fingerprint density at radius 3 is 3.10 bits per heavy atom. The number of benzene rings is 1. The van der Waals surface area contributed by atoms with Crippen molar-refractivity contribution in [1.29, 1.82) is 0 Å². The summed E-state index contributed by atoms with van der Waals surface area (Å²) in [5.74, 6) is 0. The minimum absolute atomic E-state index is 0.0911. The van der Waals surface area contributed by atoms with Crippen molar-refractivity contribution in [1.82, 2.24) is 20.0 Å². The zero-order valence-corrected chi connectivity index (χ0v) is 11.1. The molecule has 20 heavy (non-hydrogen) atoms. The number of aromatic nitrogens is 4. The molecule has 0 aliphatic carbocycles. The molecule has 1 fully saturated rings. The number of hydrogen-bond acceptors (Lipinski definition) is 3. The Bertz CT molecular complexity index is 724. The van der Waals surface area contributed by atoms with Gasteiger partial charge in [-0.15, -0.1) is 0 Å². The Morgan fingerprint density at radius 2 is 2.20 bits per heavy atom. The lowest BCUT2D eigenvalue weighted by atomic mass is 10.1. The van der Waals surface area contributed by atoms with Crippen molar-refractivity contribution in [3.63, 3.8) is 0 Å². The Labute approximate surface area is 116 Å². The molecule has 2 aromatic heterocycles. The van der Waals surface area contributed by atoms with Gasteiger partial charge >= 0.3 is 0 Å². The molecule has 3 heterocycles. The molecule has 0 radical (unpaired) electrons. The van der Waals surface area contributed by atoms with E-state index >= 15 is 0 Å². The van der Waals surface area contributed by atoms with Crippen LogP contribution in [0.1, 0.15) is 25.5 Å². The van der Waals surface area contributed by atoms with Crippen LogP contribution >= 0.6 is 0 Å². The highest BCUT2D eigenvalue weighted by molar-refractivity contribution is 5.83. The van der Waals surface area contributed by atoms with Crippen LogP contribution in [0, 0.1) is 0 Å². The Kier molecular flexibility index (Phi) is 2.77. The lowest BCUT2D eigenvalue weighted by Crippen LogP contribution is -2.18. The predicted octanol–water partition coefficient (Wildman–Crippen LogP) is 3.13. The van der Waals surface area contributed by atoms with Crippen molar-refractivity contribution < 1.29 is 4.74 Å². The standard InChI is InChI=1S/C15H16N4O/c1-2-6-20-15(3-1)19-10-13(9-17-19)11-4-5-12-8-16-18-14(12)7-11/h4-5,7-10,15H,1-3,6H2,(H,16,18). The van der Waals surface area contributed by atoms with Gasteiger partial charge in [0.2, 0.25) is 0 Å². The first kappa shape index (κ1) is 11.7. The van der Waals surface area contributed by atoms with Gasteiger partial charge in [-0.05, 0) is 30.9 Å². The summed E-state index contributed by atoms with van der Waals surface area (Å²) in [7, 11) is 0. The fraction of sp³-hybridized carbons (Fsp3) is 0.333. The number of rotatable bonds is 2. The number of H-pyrrole nitrogens is 1. The van der Waals surface area contributed by atoms with Crippen molar-refractivity contribution in [3.8, 4) is 11.1 Å². The number of hydrogen-bond donors (Lipinski definition) is 1. The van der Waals surface area contributed by atoms with E-state index in [0.29, 0.717) is 0 Å². The molecule has 0 saturated carbocycles. The lowest BCUT2D eigenvalue weighted by molar-refractivity contribution is -0.0394. The minimum atomic E-state index is 0.0911. The van der Waals surface area contributed by atoms with Crippen LogP contribution in [0.2, 0.25) is 0 Å². The van der Waals surface area contributed by atoms with Gasteiger partial charge in [-0.25, -0.2) is 4.68 Å². The zero-order valence-electron chi connectivity index (χ0n) is 11.1. The molecular weight excluding hydrogens is 252 g/mol. The van der Waals surface area contributed by atoms with E-state index in [4.69, 9.17) is 4.74 Å². The summed E-state index contributed by atoms with van der Waals surface area (Å²) in [5, 5.41) is 12.6. The molecule has 102 valence electrons. The van der Waals surface area contributed by atoms with E-state index in [2.05, 4.69) is 39.7 Å². The normalized spacial score (nSPS) is 19.5. The van der Waals surface area contributed by atoms with Crippen LogP contribution < -0.4 is 0 Å². The summed E-state index contributed by atoms with van der Waals surface area (Å²) in [4.78, 5) is 0. The molecule has 1 aliphatic heterocycles. The van der Waals surface area contributed by atoms with Crippen molar-refractivity contribution in [2.75, 3.05) is 6.61 Å². The second-order valence-corrected chi connectivity index (χ2v) is 5.20. The molecule has 5 nitrogen and oxygen atoms in total. The molecule has 1 aromatic carbocycles. The maximum Gasteiger partial charge on any atom is 0.150 e. The van der Waals surface area contributed by atoms with Gasteiger partial charge < -0.3 is 4.74 Å². The summed E-state index contributed by atoms with van der Waals surface area (Å²) < 4.78 is 7.69. The van der Waals surface area contributed by atoms with Crippen LogP contribution in [0.5, 0.6) is 0 Å². The molecular formula is C15H16N4O. The van der Waals surface area contributed by atoms with E-state index in [1.807, 2.05) is 17.1 Å². The topological polar surface area (TPSA) is 55.7 Å². The van der Waals surface area contributed by atoms with Gasteiger partial charge in [0.15, 0.2) is 0 Å². The Morgan fingerprint density at radius 1 is 1.20 bits per heavy atom. The first-order valence-electron chi connectivity index (χ1n) is 6.99. The van der Waals surface area contributed by atoms with Gasteiger partial charge in [0.1, 0.15) is 6.23 Å². The van der Waals surface area contributed by atoms with Gasteiger partial charge in [-0.1, -0.05) is 12.1 Å². The van der Waals surface area contributed by atoms with Gasteiger partial charge in [0.05, 0.1) is 17.9 Å². The van der Waals surface area contributed by atoms with E-state index in [1.54, 1.807) is 0 Å². The molecule has 1 atom stereocenters. The molecule has 3 aromatic rings. The zero-order chi connectivity index (χ0) is 13.4. The van der Waals surface area contributed by atoms with Gasteiger partial charge in [0.25, 0.3) is 0 Å². The van der Waals surface area contributed by atoms with Crippen LogP contribution in [0.4, 0.5) is 0 Å². The van der Waals surface area contributed by atoms with Gasteiger partial charge in [-0.3, -0.25) is 5.10 Å². The minimum Gasteiger partial charge on any atom is -0.357 e. The second kappa shape index (κ2) is 4.76. The first-order valence-corrected chi connectivity index (χ1v) is 6.99. The first-order chi connectivity index (χ1) is 9.90. The smallest absolute Gasteiger partial charge is 0.150 e. The SMILES string of the molecule is c1cc2cn[nH]c2cc1-c1cnn(C2CCCCO2)c1. The summed E-state index contributed by atoms with van der Waals surface area (Å²) >= 11 is 0. The van der Waals surface area contributed by atoms with Crippen molar-refractivity contribution in [3.05, 3.63) is 36.8 Å². The molecule has 1 saturated heterocycles. The number of fused-ring (bicyclic) bond motifs is 1. The molecule has 0 bridgehead atoms. The third-order valence-corrected chi connectivity index (χ3v) is 3.83. The maximum atomic E-state index is 5.76. The average Bonchev–Trinajstić information content (AvgIpc) is 3.16. The fourth-order valence-corrected chi connectivity index (χ4v) is 2.69. The fourth-order valence-electron chi connectivity index (χ4n) is 2.69. The van der Waals surface area contributed by atoms with Crippen LogP contribution in [-0.4, -0.2) is 26.6 Å². The summed E-state index contributed by atoms with van der Waals surface area (Å²) in [5.41, 5.74) is 3.30.